The molecule has 158 valence electrons. The largest absolute Gasteiger partial charge is 0.434 e. The molecule has 1 aromatic rings. The van der Waals surface area contributed by atoms with Crippen LogP contribution in [0.2, 0.25) is 0 Å². The third-order valence-corrected chi connectivity index (χ3v) is 4.16. The molecular weight excluding hydrogens is 496 g/mol. The number of guanidine groups is 1. The van der Waals surface area contributed by atoms with Gasteiger partial charge in [-0.3, -0.25) is 4.99 Å². The molecule has 0 fully saturated rings. The van der Waals surface area contributed by atoms with E-state index < -0.39 is 11.9 Å². The summed E-state index contributed by atoms with van der Waals surface area (Å²) in [7, 11) is 1.63. The third kappa shape index (κ3) is 12.4. The number of aliphatic imine (C=N–C) groups is 1. The summed E-state index contributed by atoms with van der Waals surface area (Å²) in [4.78, 5) is 7.64. The average molecular weight is 524 g/mol. The van der Waals surface area contributed by atoms with Crippen molar-refractivity contribution >= 4 is 41.3 Å². The summed E-state index contributed by atoms with van der Waals surface area (Å²) >= 11 is 1.01. The molecule has 2 N–H and O–H groups in total. The molecule has 0 amide bonds. The smallest absolute Gasteiger partial charge is 0.379 e. The van der Waals surface area contributed by atoms with Crippen LogP contribution in [-0.2, 0) is 22.1 Å². The SMILES string of the molecule is CCCCOCCOCCNC(=NC)NCCc1nc(C(F)(F)F)cs1.I. The van der Waals surface area contributed by atoms with E-state index in [1.807, 2.05) is 0 Å². The normalized spacial score (nSPS) is 12.0. The summed E-state index contributed by atoms with van der Waals surface area (Å²) in [6.07, 6.45) is -1.82. The van der Waals surface area contributed by atoms with Crippen LogP contribution < -0.4 is 10.6 Å². The molecule has 0 unspecified atom stereocenters. The lowest BCUT2D eigenvalue weighted by Crippen LogP contribution is -2.39. The van der Waals surface area contributed by atoms with Crippen molar-refractivity contribution in [2.75, 3.05) is 46.6 Å². The van der Waals surface area contributed by atoms with E-state index in [9.17, 15) is 13.2 Å². The topological polar surface area (TPSA) is 67.8 Å². The molecule has 0 spiro atoms. The summed E-state index contributed by atoms with van der Waals surface area (Å²) in [5, 5.41) is 7.58. The number of alkyl halides is 3. The van der Waals surface area contributed by atoms with Crippen molar-refractivity contribution in [3.05, 3.63) is 16.1 Å². The van der Waals surface area contributed by atoms with Gasteiger partial charge < -0.3 is 20.1 Å². The van der Waals surface area contributed by atoms with E-state index in [0.717, 1.165) is 36.2 Å². The standard InChI is InChI=1S/C16H27F3N4O2S.HI/c1-3-4-8-24-10-11-25-9-7-22-15(20-2)21-6-5-14-23-13(12-26-14)16(17,18)19;/h12H,3-11H2,1-2H3,(H2,20,21,22);1H. The van der Waals surface area contributed by atoms with Gasteiger partial charge in [-0.05, 0) is 6.42 Å². The molecule has 6 nitrogen and oxygen atoms in total. The second-order valence-electron chi connectivity index (χ2n) is 5.38. The lowest BCUT2D eigenvalue weighted by molar-refractivity contribution is -0.140. The Kier molecular flexibility index (Phi) is 14.9. The van der Waals surface area contributed by atoms with Gasteiger partial charge >= 0.3 is 6.18 Å². The monoisotopic (exact) mass is 524 g/mol. The number of unbranched alkanes of at least 4 members (excludes halogenated alkanes) is 1. The Balaban J connectivity index is 0.00000676. The molecule has 11 heteroatoms. The zero-order valence-electron chi connectivity index (χ0n) is 15.6. The van der Waals surface area contributed by atoms with Crippen LogP contribution in [0.4, 0.5) is 13.2 Å². The van der Waals surface area contributed by atoms with E-state index in [-0.39, 0.29) is 24.0 Å². The van der Waals surface area contributed by atoms with Gasteiger partial charge in [-0.25, -0.2) is 4.98 Å². The van der Waals surface area contributed by atoms with Crippen molar-refractivity contribution in [1.82, 2.24) is 15.6 Å². The number of aromatic nitrogens is 1. The predicted octanol–water partition coefficient (Wildman–Crippen LogP) is 3.32. The van der Waals surface area contributed by atoms with Gasteiger partial charge in [0.15, 0.2) is 11.7 Å². The van der Waals surface area contributed by atoms with Crippen molar-refractivity contribution in [1.29, 1.82) is 0 Å². The fourth-order valence-electron chi connectivity index (χ4n) is 1.87. The number of halogens is 4. The van der Waals surface area contributed by atoms with Gasteiger partial charge in [0.05, 0.1) is 24.8 Å². The minimum absolute atomic E-state index is 0. The maximum atomic E-state index is 12.5. The molecule has 0 aromatic carbocycles. The van der Waals surface area contributed by atoms with Crippen LogP contribution in [0.15, 0.2) is 10.4 Å². The Hall–Kier alpha value is -0.660. The van der Waals surface area contributed by atoms with Crippen LogP contribution in [0.5, 0.6) is 0 Å². The highest BCUT2D eigenvalue weighted by molar-refractivity contribution is 14.0. The molecule has 0 aliphatic carbocycles. The van der Waals surface area contributed by atoms with Gasteiger partial charge in [0.2, 0.25) is 0 Å². The number of ether oxygens (including phenoxy) is 2. The fourth-order valence-corrected chi connectivity index (χ4v) is 2.68. The first kappa shape index (κ1) is 26.3. The maximum absolute atomic E-state index is 12.5. The minimum Gasteiger partial charge on any atom is -0.379 e. The van der Waals surface area contributed by atoms with Crippen molar-refractivity contribution in [2.45, 2.75) is 32.4 Å². The van der Waals surface area contributed by atoms with Crippen molar-refractivity contribution < 1.29 is 22.6 Å². The molecule has 0 saturated carbocycles. The fraction of sp³-hybridized carbons (Fsp3) is 0.750. The van der Waals surface area contributed by atoms with Gasteiger partial charge in [0.1, 0.15) is 0 Å². The Morgan fingerprint density at radius 1 is 1.15 bits per heavy atom. The van der Waals surface area contributed by atoms with Gasteiger partial charge in [0, 0.05) is 38.5 Å². The van der Waals surface area contributed by atoms with E-state index in [1.165, 1.54) is 0 Å². The molecule has 0 saturated heterocycles. The average Bonchev–Trinajstić information content (AvgIpc) is 3.08. The Morgan fingerprint density at radius 3 is 2.41 bits per heavy atom. The van der Waals surface area contributed by atoms with Gasteiger partial charge in [-0.2, -0.15) is 13.2 Å². The Labute approximate surface area is 179 Å². The van der Waals surface area contributed by atoms with Crippen LogP contribution in [0.3, 0.4) is 0 Å². The number of thiazole rings is 1. The molecule has 0 radical (unpaired) electrons. The van der Waals surface area contributed by atoms with Gasteiger partial charge in [0.25, 0.3) is 0 Å². The summed E-state index contributed by atoms with van der Waals surface area (Å²) in [5.41, 5.74) is -0.837. The van der Waals surface area contributed by atoms with E-state index in [4.69, 9.17) is 9.47 Å². The highest BCUT2D eigenvalue weighted by Gasteiger charge is 2.33. The minimum atomic E-state index is -4.39. The first-order valence-corrected chi connectivity index (χ1v) is 9.47. The number of hydrogen-bond donors (Lipinski definition) is 2. The van der Waals surface area contributed by atoms with Crippen LogP contribution >= 0.6 is 35.3 Å². The molecule has 0 atom stereocenters. The van der Waals surface area contributed by atoms with Crippen molar-refractivity contribution in [3.8, 4) is 0 Å². The summed E-state index contributed by atoms with van der Waals surface area (Å²) in [6.45, 7) is 5.53. The van der Waals surface area contributed by atoms with Gasteiger partial charge in [-0.1, -0.05) is 13.3 Å². The second-order valence-corrected chi connectivity index (χ2v) is 6.32. The highest BCUT2D eigenvalue weighted by atomic mass is 127. The molecule has 0 aliphatic heterocycles. The second kappa shape index (κ2) is 15.3. The Morgan fingerprint density at radius 2 is 1.81 bits per heavy atom. The molecule has 1 aromatic heterocycles. The van der Waals surface area contributed by atoms with Crippen molar-refractivity contribution in [2.24, 2.45) is 4.99 Å². The molecule has 27 heavy (non-hydrogen) atoms. The first-order chi connectivity index (χ1) is 12.5. The summed E-state index contributed by atoms with van der Waals surface area (Å²) in [5.74, 6) is 0.570. The van der Waals surface area contributed by atoms with Crippen LogP contribution in [0.25, 0.3) is 0 Å². The zero-order chi connectivity index (χ0) is 19.3. The maximum Gasteiger partial charge on any atom is 0.434 e. The molecule has 0 bridgehead atoms. The molecular formula is C16H28F3IN4O2S. The van der Waals surface area contributed by atoms with Crippen LogP contribution in [0.1, 0.15) is 30.5 Å². The molecule has 0 aliphatic rings. The molecule has 1 heterocycles. The number of nitrogens with one attached hydrogen (secondary N) is 2. The van der Waals surface area contributed by atoms with Gasteiger partial charge in [-0.15, -0.1) is 35.3 Å². The Bertz CT molecular complexity index is 530. The predicted molar refractivity (Wildman–Crippen MR) is 112 cm³/mol. The van der Waals surface area contributed by atoms with E-state index in [1.54, 1.807) is 7.05 Å². The number of nitrogens with zero attached hydrogens (tertiary/aromatic N) is 2. The third-order valence-electron chi connectivity index (χ3n) is 3.25. The number of hydrogen-bond acceptors (Lipinski definition) is 5. The van der Waals surface area contributed by atoms with Crippen molar-refractivity contribution in [3.63, 3.8) is 0 Å². The van der Waals surface area contributed by atoms with E-state index in [0.29, 0.717) is 50.3 Å². The number of rotatable bonds is 12. The first-order valence-electron chi connectivity index (χ1n) is 8.59. The molecule has 1 rings (SSSR count). The highest BCUT2D eigenvalue weighted by Crippen LogP contribution is 2.29. The van der Waals surface area contributed by atoms with Crippen LogP contribution in [0, 0.1) is 0 Å². The van der Waals surface area contributed by atoms with E-state index in [2.05, 4.69) is 27.5 Å². The van der Waals surface area contributed by atoms with E-state index >= 15 is 0 Å². The lowest BCUT2D eigenvalue weighted by atomic mass is 10.4. The quantitative estimate of drug-likeness (QED) is 0.190. The summed E-state index contributed by atoms with van der Waals surface area (Å²) < 4.78 is 48.3. The summed E-state index contributed by atoms with van der Waals surface area (Å²) in [6, 6.07) is 0. The zero-order valence-corrected chi connectivity index (χ0v) is 18.7. The van der Waals surface area contributed by atoms with Crippen LogP contribution in [-0.4, -0.2) is 57.5 Å². The lowest BCUT2D eigenvalue weighted by Gasteiger charge is -2.11.